The van der Waals surface area contributed by atoms with Gasteiger partial charge in [-0.15, -0.1) is 0 Å². The Morgan fingerprint density at radius 2 is 1.88 bits per heavy atom. The summed E-state index contributed by atoms with van der Waals surface area (Å²) in [6.45, 7) is 9.85. The maximum atomic E-state index is 12.2. The standard InChI is InChI=1S/C13H24N2O2/c1-6-7-9(4)15-11(8(2)3)12(16)14-10(5)13(15)17/h8-11H,6-7H2,1-5H3,(H,14,16). The summed E-state index contributed by atoms with van der Waals surface area (Å²) in [5.41, 5.74) is 0. The Kier molecular flexibility index (Phi) is 4.54. The van der Waals surface area contributed by atoms with Crippen LogP contribution in [-0.4, -0.2) is 34.8 Å². The first-order chi connectivity index (χ1) is 7.90. The van der Waals surface area contributed by atoms with Crippen LogP contribution in [0, 0.1) is 5.92 Å². The highest BCUT2D eigenvalue weighted by Gasteiger charge is 2.41. The molecule has 1 saturated heterocycles. The van der Waals surface area contributed by atoms with Gasteiger partial charge in [-0.1, -0.05) is 27.2 Å². The molecule has 1 rings (SSSR count). The van der Waals surface area contributed by atoms with E-state index in [2.05, 4.69) is 12.2 Å². The summed E-state index contributed by atoms with van der Waals surface area (Å²) in [6.07, 6.45) is 1.96. The van der Waals surface area contributed by atoms with Gasteiger partial charge in [-0.2, -0.15) is 0 Å². The molecule has 17 heavy (non-hydrogen) atoms. The zero-order valence-electron chi connectivity index (χ0n) is 11.5. The molecule has 4 nitrogen and oxygen atoms in total. The highest BCUT2D eigenvalue weighted by molar-refractivity contribution is 5.97. The molecule has 0 saturated carbocycles. The highest BCUT2D eigenvalue weighted by Crippen LogP contribution is 2.22. The molecule has 0 spiro atoms. The topological polar surface area (TPSA) is 49.4 Å². The van der Waals surface area contributed by atoms with Gasteiger partial charge in [-0.05, 0) is 26.2 Å². The SMILES string of the molecule is CCCC(C)N1C(=O)C(C)NC(=O)C1C(C)C. The number of rotatable bonds is 4. The van der Waals surface area contributed by atoms with Crippen LogP contribution in [0.15, 0.2) is 0 Å². The van der Waals surface area contributed by atoms with E-state index in [1.165, 1.54) is 0 Å². The van der Waals surface area contributed by atoms with Crippen LogP contribution in [0.2, 0.25) is 0 Å². The summed E-state index contributed by atoms with van der Waals surface area (Å²) in [4.78, 5) is 26.0. The van der Waals surface area contributed by atoms with Crippen LogP contribution in [0.4, 0.5) is 0 Å². The van der Waals surface area contributed by atoms with Crippen molar-refractivity contribution >= 4 is 11.8 Å². The first kappa shape index (κ1) is 14.0. The Bertz CT molecular complexity index is 302. The maximum Gasteiger partial charge on any atom is 0.245 e. The summed E-state index contributed by atoms with van der Waals surface area (Å²) in [7, 11) is 0. The lowest BCUT2D eigenvalue weighted by atomic mass is 9.94. The quantitative estimate of drug-likeness (QED) is 0.810. The lowest BCUT2D eigenvalue weighted by molar-refractivity contribution is -0.153. The zero-order chi connectivity index (χ0) is 13.2. The molecule has 0 radical (unpaired) electrons. The number of nitrogens with zero attached hydrogens (tertiary/aromatic N) is 1. The van der Waals surface area contributed by atoms with Crippen LogP contribution in [0.25, 0.3) is 0 Å². The Hall–Kier alpha value is -1.06. The average molecular weight is 240 g/mol. The van der Waals surface area contributed by atoms with Crippen molar-refractivity contribution in [2.75, 3.05) is 0 Å². The second-order valence-corrected chi connectivity index (χ2v) is 5.30. The molecule has 0 aromatic rings. The molecule has 1 aliphatic rings. The van der Waals surface area contributed by atoms with Crippen LogP contribution in [0.5, 0.6) is 0 Å². The van der Waals surface area contributed by atoms with Gasteiger partial charge in [0.1, 0.15) is 12.1 Å². The lowest BCUT2D eigenvalue weighted by Crippen LogP contribution is -2.66. The van der Waals surface area contributed by atoms with E-state index in [0.717, 1.165) is 12.8 Å². The molecule has 98 valence electrons. The predicted octanol–water partition coefficient (Wildman–Crippen LogP) is 1.55. The molecule has 0 aromatic heterocycles. The zero-order valence-corrected chi connectivity index (χ0v) is 11.5. The molecular weight excluding hydrogens is 216 g/mol. The van der Waals surface area contributed by atoms with Gasteiger partial charge < -0.3 is 10.2 Å². The second-order valence-electron chi connectivity index (χ2n) is 5.30. The minimum atomic E-state index is -0.392. The summed E-state index contributed by atoms with van der Waals surface area (Å²) >= 11 is 0. The predicted molar refractivity (Wildman–Crippen MR) is 67.4 cm³/mol. The van der Waals surface area contributed by atoms with Gasteiger partial charge in [0.15, 0.2) is 0 Å². The van der Waals surface area contributed by atoms with Gasteiger partial charge in [0.25, 0.3) is 0 Å². The Morgan fingerprint density at radius 3 is 2.35 bits per heavy atom. The van der Waals surface area contributed by atoms with E-state index in [4.69, 9.17) is 0 Å². The van der Waals surface area contributed by atoms with Crippen molar-refractivity contribution in [1.82, 2.24) is 10.2 Å². The number of piperazine rings is 1. The summed E-state index contributed by atoms with van der Waals surface area (Å²) in [5.74, 6) is 0.171. The number of carbonyl (C=O) groups is 2. The summed E-state index contributed by atoms with van der Waals surface area (Å²) < 4.78 is 0. The fourth-order valence-electron chi connectivity index (χ4n) is 2.52. The van der Waals surface area contributed by atoms with E-state index < -0.39 is 6.04 Å². The van der Waals surface area contributed by atoms with Crippen molar-refractivity contribution in [2.45, 2.75) is 65.6 Å². The number of hydrogen-bond donors (Lipinski definition) is 1. The van der Waals surface area contributed by atoms with Gasteiger partial charge in [-0.3, -0.25) is 9.59 Å². The molecule has 2 amide bonds. The van der Waals surface area contributed by atoms with E-state index in [0.29, 0.717) is 0 Å². The van der Waals surface area contributed by atoms with Crippen LogP contribution in [-0.2, 0) is 9.59 Å². The largest absolute Gasteiger partial charge is 0.343 e. The number of carbonyl (C=O) groups excluding carboxylic acids is 2. The first-order valence-electron chi connectivity index (χ1n) is 6.52. The molecule has 4 heteroatoms. The van der Waals surface area contributed by atoms with Gasteiger partial charge >= 0.3 is 0 Å². The Labute approximate surface area is 104 Å². The summed E-state index contributed by atoms with van der Waals surface area (Å²) in [6, 6.07) is -0.578. The van der Waals surface area contributed by atoms with E-state index in [1.54, 1.807) is 11.8 Å². The van der Waals surface area contributed by atoms with E-state index >= 15 is 0 Å². The van der Waals surface area contributed by atoms with Crippen LogP contribution in [0.1, 0.15) is 47.5 Å². The minimum Gasteiger partial charge on any atom is -0.343 e. The molecule has 1 N–H and O–H groups in total. The van der Waals surface area contributed by atoms with Gasteiger partial charge in [0, 0.05) is 6.04 Å². The van der Waals surface area contributed by atoms with Gasteiger partial charge in [-0.25, -0.2) is 0 Å². The fourth-order valence-corrected chi connectivity index (χ4v) is 2.52. The second kappa shape index (κ2) is 5.52. The fraction of sp³-hybridized carbons (Fsp3) is 0.846. The molecule has 3 unspecified atom stereocenters. The Balaban J connectivity index is 2.98. The van der Waals surface area contributed by atoms with Crippen molar-refractivity contribution in [3.05, 3.63) is 0 Å². The van der Waals surface area contributed by atoms with Gasteiger partial charge in [0.2, 0.25) is 11.8 Å². The molecule has 1 heterocycles. The van der Waals surface area contributed by atoms with Crippen molar-refractivity contribution in [2.24, 2.45) is 5.92 Å². The van der Waals surface area contributed by atoms with Crippen molar-refractivity contribution in [1.29, 1.82) is 0 Å². The highest BCUT2D eigenvalue weighted by atomic mass is 16.2. The third-order valence-electron chi connectivity index (χ3n) is 3.36. The smallest absolute Gasteiger partial charge is 0.245 e. The van der Waals surface area contributed by atoms with Crippen LogP contribution >= 0.6 is 0 Å². The van der Waals surface area contributed by atoms with E-state index in [9.17, 15) is 9.59 Å². The molecule has 1 fully saturated rings. The third-order valence-corrected chi connectivity index (χ3v) is 3.36. The van der Waals surface area contributed by atoms with E-state index in [-0.39, 0.29) is 29.8 Å². The summed E-state index contributed by atoms with van der Waals surface area (Å²) in [5, 5.41) is 2.76. The lowest BCUT2D eigenvalue weighted by Gasteiger charge is -2.43. The first-order valence-corrected chi connectivity index (χ1v) is 6.52. The molecule has 1 aliphatic heterocycles. The number of hydrogen-bond acceptors (Lipinski definition) is 2. The maximum absolute atomic E-state index is 12.2. The van der Waals surface area contributed by atoms with E-state index in [1.807, 2.05) is 20.8 Å². The molecule has 0 bridgehead atoms. The molecule has 3 atom stereocenters. The molecular formula is C13H24N2O2. The van der Waals surface area contributed by atoms with Crippen molar-refractivity contribution in [3.8, 4) is 0 Å². The van der Waals surface area contributed by atoms with Crippen molar-refractivity contribution in [3.63, 3.8) is 0 Å². The molecule has 0 aliphatic carbocycles. The van der Waals surface area contributed by atoms with Crippen LogP contribution < -0.4 is 5.32 Å². The number of amides is 2. The third kappa shape index (κ3) is 2.79. The minimum absolute atomic E-state index is 0.0185. The average Bonchev–Trinajstić information content (AvgIpc) is 2.22. The monoisotopic (exact) mass is 240 g/mol. The van der Waals surface area contributed by atoms with Gasteiger partial charge in [0.05, 0.1) is 0 Å². The van der Waals surface area contributed by atoms with Crippen LogP contribution in [0.3, 0.4) is 0 Å². The molecule has 0 aromatic carbocycles. The normalized spacial score (nSPS) is 27.3. The number of nitrogens with one attached hydrogen (secondary N) is 1. The Morgan fingerprint density at radius 1 is 1.29 bits per heavy atom. The van der Waals surface area contributed by atoms with Crippen molar-refractivity contribution < 1.29 is 9.59 Å².